The number of hydrogen-bond donors (Lipinski definition) is 0. The van der Waals surface area contributed by atoms with Gasteiger partial charge in [-0.15, -0.1) is 0 Å². The summed E-state index contributed by atoms with van der Waals surface area (Å²) in [5.41, 5.74) is 0. The molecule has 0 aromatic carbocycles. The minimum Gasteiger partial charge on any atom is -0.395 e. The summed E-state index contributed by atoms with van der Waals surface area (Å²) in [6.07, 6.45) is 4.83. The Morgan fingerprint density at radius 1 is 0.800 bits per heavy atom. The molecule has 0 aliphatic rings. The Morgan fingerprint density at radius 3 is 1.53 bits per heavy atom. The molecule has 0 saturated carbocycles. The number of unbranched alkanes of at least 4 members (excludes halogenated alkanes) is 2. The van der Waals surface area contributed by atoms with E-state index in [1.54, 1.807) is 0 Å². The van der Waals surface area contributed by atoms with Crippen LogP contribution in [0.4, 0.5) is 0 Å². The summed E-state index contributed by atoms with van der Waals surface area (Å²) in [5, 5.41) is 0. The van der Waals surface area contributed by atoms with Gasteiger partial charge >= 0.3 is 8.56 Å². The van der Waals surface area contributed by atoms with Gasteiger partial charge in [-0.1, -0.05) is 45.2 Å². The van der Waals surface area contributed by atoms with E-state index >= 15 is 0 Å². The molecule has 5 heteroatoms. The highest BCUT2D eigenvalue weighted by Crippen LogP contribution is 2.09. The molecule has 0 unspecified atom stereocenters. The molecule has 0 fully saturated rings. The first kappa shape index (κ1) is 16.6. The number of hydrogen-bond acceptors (Lipinski definition) is 2. The largest absolute Gasteiger partial charge is 0.395 e. The Balaban J connectivity index is 3.40. The van der Waals surface area contributed by atoms with E-state index in [1.165, 1.54) is 21.7 Å². The van der Waals surface area contributed by atoms with Gasteiger partial charge in [0.25, 0.3) is 0 Å². The Kier molecular flexibility index (Phi) is 11.9. The van der Waals surface area contributed by atoms with Crippen molar-refractivity contribution < 1.29 is 8.85 Å². The fraction of sp³-hybridized carbons (Fsp3) is 1.00. The zero-order valence-corrected chi connectivity index (χ0v) is 15.0. The maximum atomic E-state index is 5.82. The van der Waals surface area contributed by atoms with Crippen LogP contribution in [0.25, 0.3) is 0 Å². The average molecular weight is 456 g/mol. The lowest BCUT2D eigenvalue weighted by Crippen LogP contribution is -2.35. The molecule has 0 heterocycles. The van der Waals surface area contributed by atoms with Crippen LogP contribution in [0, 0.1) is 0 Å². The van der Waals surface area contributed by atoms with Crippen molar-refractivity contribution in [2.45, 2.75) is 38.8 Å². The van der Waals surface area contributed by atoms with Gasteiger partial charge in [0.1, 0.15) is 0 Å². The lowest BCUT2D eigenvalue weighted by molar-refractivity contribution is 0.175. The summed E-state index contributed by atoms with van der Waals surface area (Å²) >= 11 is 4.81. The van der Waals surface area contributed by atoms with Crippen molar-refractivity contribution in [2.75, 3.05) is 22.1 Å². The zero-order valence-electron chi connectivity index (χ0n) is 9.73. The second-order valence-corrected chi connectivity index (χ2v) is 9.42. The molecule has 92 valence electrons. The summed E-state index contributed by atoms with van der Waals surface area (Å²) in [7, 11) is -1.81. The molecule has 15 heavy (non-hydrogen) atoms. The number of halogens is 2. The smallest absolute Gasteiger partial charge is 0.331 e. The van der Waals surface area contributed by atoms with Gasteiger partial charge in [-0.25, -0.2) is 0 Å². The van der Waals surface area contributed by atoms with E-state index in [-0.39, 0.29) is 0 Å². The second kappa shape index (κ2) is 10.7. The molecule has 0 amide bonds. The first-order valence-electron chi connectivity index (χ1n) is 5.52. The molecule has 0 aliphatic heterocycles. The Morgan fingerprint density at radius 2 is 1.20 bits per heavy atom. The lowest BCUT2D eigenvalue weighted by Gasteiger charge is -2.22. The molecular weight excluding hydrogens is 434 g/mol. The minimum atomic E-state index is -1.81. The number of rotatable bonds is 10. The molecule has 0 atom stereocenters. The first-order chi connectivity index (χ1) is 7.12. The molecular formula is C10H22I2O2Si. The molecule has 2 nitrogen and oxygen atoms in total. The van der Waals surface area contributed by atoms with Gasteiger partial charge in [-0.3, -0.25) is 0 Å². The van der Waals surface area contributed by atoms with Crippen molar-refractivity contribution >= 4 is 53.7 Å². The Labute approximate surface area is 122 Å². The maximum absolute atomic E-state index is 5.82. The lowest BCUT2D eigenvalue weighted by atomic mass is 10.4. The summed E-state index contributed by atoms with van der Waals surface area (Å²) in [4.78, 5) is 0. The van der Waals surface area contributed by atoms with E-state index in [0.29, 0.717) is 0 Å². The molecule has 0 N–H and O–H groups in total. The van der Waals surface area contributed by atoms with Crippen molar-refractivity contribution in [1.29, 1.82) is 0 Å². The molecule has 0 rings (SSSR count). The van der Waals surface area contributed by atoms with Crippen molar-refractivity contribution in [2.24, 2.45) is 0 Å². The third-order valence-corrected chi connectivity index (χ3v) is 5.28. The second-order valence-electron chi connectivity index (χ2n) is 3.89. The normalized spacial score (nSPS) is 12.0. The third-order valence-electron chi connectivity index (χ3n) is 1.96. The highest BCUT2D eigenvalue weighted by Gasteiger charge is 2.23. The van der Waals surface area contributed by atoms with Gasteiger partial charge in [-0.05, 0) is 47.6 Å². The van der Waals surface area contributed by atoms with Crippen molar-refractivity contribution in [3.8, 4) is 0 Å². The minimum absolute atomic E-state index is 0.870. The fourth-order valence-corrected chi connectivity index (χ4v) is 3.50. The quantitative estimate of drug-likeness (QED) is 0.213. The zero-order chi connectivity index (χ0) is 11.6. The topological polar surface area (TPSA) is 18.5 Å². The number of alkyl halides is 2. The summed E-state index contributed by atoms with van der Waals surface area (Å²) in [6, 6.07) is 0. The molecule has 0 saturated heterocycles. The summed E-state index contributed by atoms with van der Waals surface area (Å²) in [6.45, 7) is 6.02. The molecule has 0 aromatic rings. The highest BCUT2D eigenvalue weighted by atomic mass is 127. The van der Waals surface area contributed by atoms with E-state index in [4.69, 9.17) is 8.85 Å². The van der Waals surface area contributed by atoms with Crippen LogP contribution >= 0.6 is 45.2 Å². The van der Waals surface area contributed by atoms with E-state index in [0.717, 1.165) is 26.1 Å². The standard InChI is InChI=1S/C10H22I2O2Si/c1-15(2,13-9-5-3-7-11)14-10-6-4-8-12/h3-10H2,1-2H3. The van der Waals surface area contributed by atoms with Crippen LogP contribution in [0.1, 0.15) is 25.7 Å². The maximum Gasteiger partial charge on any atom is 0.331 e. The summed E-state index contributed by atoms with van der Waals surface area (Å²) in [5.74, 6) is 0. The van der Waals surface area contributed by atoms with Crippen LogP contribution in [0.2, 0.25) is 13.1 Å². The molecule has 0 bridgehead atoms. The first-order valence-corrected chi connectivity index (χ1v) is 11.4. The molecule has 0 spiro atoms. The predicted octanol–water partition coefficient (Wildman–Crippen LogP) is 4.15. The molecule has 0 radical (unpaired) electrons. The molecule has 0 aromatic heterocycles. The SMILES string of the molecule is C[Si](C)(OCCCCI)OCCCCI. The van der Waals surface area contributed by atoms with Crippen LogP contribution < -0.4 is 0 Å². The van der Waals surface area contributed by atoms with Crippen LogP contribution in [0.3, 0.4) is 0 Å². The Bertz CT molecular complexity index is 131. The third kappa shape index (κ3) is 11.9. The van der Waals surface area contributed by atoms with Crippen molar-refractivity contribution in [3.05, 3.63) is 0 Å². The fourth-order valence-electron chi connectivity index (χ4n) is 1.07. The van der Waals surface area contributed by atoms with Gasteiger partial charge < -0.3 is 8.85 Å². The van der Waals surface area contributed by atoms with Crippen molar-refractivity contribution in [3.63, 3.8) is 0 Å². The molecule has 0 aliphatic carbocycles. The van der Waals surface area contributed by atoms with Crippen molar-refractivity contribution in [1.82, 2.24) is 0 Å². The van der Waals surface area contributed by atoms with Gasteiger partial charge in [-0.2, -0.15) is 0 Å². The predicted molar refractivity (Wildman–Crippen MR) is 85.6 cm³/mol. The van der Waals surface area contributed by atoms with E-state index in [1.807, 2.05) is 0 Å². The van der Waals surface area contributed by atoms with Crippen LogP contribution in [-0.4, -0.2) is 30.6 Å². The monoisotopic (exact) mass is 456 g/mol. The van der Waals surface area contributed by atoms with E-state index in [2.05, 4.69) is 58.3 Å². The Hall–Kier alpha value is 1.60. The van der Waals surface area contributed by atoms with E-state index < -0.39 is 8.56 Å². The van der Waals surface area contributed by atoms with Gasteiger partial charge in [0.15, 0.2) is 0 Å². The highest BCUT2D eigenvalue weighted by molar-refractivity contribution is 14.1. The van der Waals surface area contributed by atoms with Gasteiger partial charge in [0.05, 0.1) is 0 Å². The summed E-state index contributed by atoms with van der Waals surface area (Å²) < 4.78 is 14.1. The van der Waals surface area contributed by atoms with Crippen LogP contribution in [-0.2, 0) is 8.85 Å². The van der Waals surface area contributed by atoms with Gasteiger partial charge in [0, 0.05) is 13.2 Å². The van der Waals surface area contributed by atoms with Crippen LogP contribution in [0.15, 0.2) is 0 Å². The van der Waals surface area contributed by atoms with Gasteiger partial charge in [0.2, 0.25) is 0 Å². The average Bonchev–Trinajstić information content (AvgIpc) is 2.20. The van der Waals surface area contributed by atoms with Crippen LogP contribution in [0.5, 0.6) is 0 Å². The van der Waals surface area contributed by atoms with E-state index in [9.17, 15) is 0 Å².